The highest BCUT2D eigenvalue weighted by atomic mass is 127. The van der Waals surface area contributed by atoms with Crippen LogP contribution in [0.25, 0.3) is 11.4 Å². The van der Waals surface area contributed by atoms with Crippen LogP contribution in [0.5, 0.6) is 5.75 Å². The van der Waals surface area contributed by atoms with Gasteiger partial charge in [-0.2, -0.15) is 5.10 Å². The molecule has 1 atom stereocenters. The summed E-state index contributed by atoms with van der Waals surface area (Å²) >= 11 is 0. The van der Waals surface area contributed by atoms with Crippen LogP contribution in [0, 0.1) is 0 Å². The van der Waals surface area contributed by atoms with Gasteiger partial charge in [0.2, 0.25) is 0 Å². The minimum absolute atomic E-state index is 0. The first-order valence-corrected chi connectivity index (χ1v) is 10.3. The molecule has 1 aliphatic heterocycles. The third-order valence-electron chi connectivity index (χ3n) is 5.07. The molecule has 1 unspecified atom stereocenters. The summed E-state index contributed by atoms with van der Waals surface area (Å²) < 4.78 is 6.15. The molecular formula is C23H29IN6O. The average molecular weight is 532 g/mol. The molecule has 1 aromatic heterocycles. The maximum absolute atomic E-state index is 6.15. The molecule has 3 N–H and O–H groups in total. The molecule has 7 nitrogen and oxygen atoms in total. The molecule has 31 heavy (non-hydrogen) atoms. The summed E-state index contributed by atoms with van der Waals surface area (Å²) in [7, 11) is 0. The second-order valence-electron chi connectivity index (χ2n) is 8.03. The lowest BCUT2D eigenvalue weighted by molar-refractivity contribution is 0.0694. The van der Waals surface area contributed by atoms with Crippen molar-refractivity contribution in [3.63, 3.8) is 0 Å². The van der Waals surface area contributed by atoms with Crippen molar-refractivity contribution in [2.75, 3.05) is 6.54 Å². The van der Waals surface area contributed by atoms with Crippen LogP contribution in [-0.4, -0.2) is 33.3 Å². The predicted molar refractivity (Wildman–Crippen MR) is 134 cm³/mol. The Morgan fingerprint density at radius 2 is 2.06 bits per heavy atom. The Bertz CT molecular complexity index is 1020. The normalized spacial score (nSPS) is 17.1. The van der Waals surface area contributed by atoms with Crippen molar-refractivity contribution in [1.29, 1.82) is 0 Å². The number of rotatable bonds is 5. The van der Waals surface area contributed by atoms with Crippen molar-refractivity contribution < 1.29 is 4.74 Å². The summed E-state index contributed by atoms with van der Waals surface area (Å²) in [6, 6.07) is 16.5. The van der Waals surface area contributed by atoms with Crippen LogP contribution in [0.4, 0.5) is 0 Å². The number of hydrogen-bond acceptors (Lipinski definition) is 4. The fraction of sp³-hybridized carbons (Fsp3) is 0.348. The van der Waals surface area contributed by atoms with E-state index in [-0.39, 0.29) is 35.6 Å². The van der Waals surface area contributed by atoms with Gasteiger partial charge in [0.15, 0.2) is 11.8 Å². The Balaban J connectivity index is 0.00000272. The first kappa shape index (κ1) is 23.1. The van der Waals surface area contributed by atoms with Crippen molar-refractivity contribution in [3.8, 4) is 17.1 Å². The highest BCUT2D eigenvalue weighted by Crippen LogP contribution is 2.39. The molecule has 0 amide bonds. The van der Waals surface area contributed by atoms with Crippen molar-refractivity contribution in [1.82, 2.24) is 25.8 Å². The Labute approximate surface area is 200 Å². The van der Waals surface area contributed by atoms with Gasteiger partial charge in [-0.15, -0.1) is 24.0 Å². The van der Waals surface area contributed by atoms with Crippen LogP contribution in [0.3, 0.4) is 0 Å². The minimum atomic E-state index is -0.241. The first-order chi connectivity index (χ1) is 14.5. The summed E-state index contributed by atoms with van der Waals surface area (Å²) in [6.07, 6.45) is 2.37. The van der Waals surface area contributed by atoms with E-state index in [4.69, 9.17) is 9.73 Å². The average Bonchev–Trinajstić information content (AvgIpc) is 3.26. The molecule has 0 spiro atoms. The number of nitrogens with zero attached hydrogens (tertiary/aromatic N) is 3. The van der Waals surface area contributed by atoms with Crippen LogP contribution < -0.4 is 15.4 Å². The molecule has 2 heterocycles. The molecule has 0 fully saturated rings. The summed E-state index contributed by atoms with van der Waals surface area (Å²) in [5.41, 5.74) is 3.02. The summed E-state index contributed by atoms with van der Waals surface area (Å²) in [5, 5.41) is 13.8. The van der Waals surface area contributed by atoms with Crippen molar-refractivity contribution >= 4 is 29.9 Å². The van der Waals surface area contributed by atoms with Crippen molar-refractivity contribution in [2.24, 2.45) is 4.99 Å². The minimum Gasteiger partial charge on any atom is -0.487 e. The number of guanidine groups is 1. The number of halogens is 1. The Morgan fingerprint density at radius 1 is 1.23 bits per heavy atom. The lowest BCUT2D eigenvalue weighted by atomic mass is 9.90. The van der Waals surface area contributed by atoms with E-state index < -0.39 is 0 Å². The van der Waals surface area contributed by atoms with Gasteiger partial charge >= 0.3 is 0 Å². The lowest BCUT2D eigenvalue weighted by Gasteiger charge is -2.38. The molecule has 4 rings (SSSR count). The molecule has 1 aliphatic rings. The fourth-order valence-electron chi connectivity index (χ4n) is 3.75. The van der Waals surface area contributed by atoms with E-state index in [0.717, 1.165) is 47.2 Å². The molecule has 0 saturated heterocycles. The van der Waals surface area contributed by atoms with Crippen LogP contribution in [-0.2, 0) is 6.54 Å². The summed E-state index contributed by atoms with van der Waals surface area (Å²) in [6.45, 7) is 7.67. The molecular weight excluding hydrogens is 503 g/mol. The largest absolute Gasteiger partial charge is 0.487 e. The molecule has 2 aromatic carbocycles. The number of benzene rings is 2. The molecule has 164 valence electrons. The molecule has 8 heteroatoms. The third-order valence-corrected chi connectivity index (χ3v) is 5.07. The zero-order valence-electron chi connectivity index (χ0n) is 18.1. The highest BCUT2D eigenvalue weighted by Gasteiger charge is 2.33. The van der Waals surface area contributed by atoms with E-state index in [9.17, 15) is 0 Å². The second kappa shape index (κ2) is 10.1. The van der Waals surface area contributed by atoms with Gasteiger partial charge in [0.1, 0.15) is 17.7 Å². The monoisotopic (exact) mass is 532 g/mol. The number of fused-ring (bicyclic) bond motifs is 1. The second-order valence-corrected chi connectivity index (χ2v) is 8.03. The van der Waals surface area contributed by atoms with Gasteiger partial charge in [-0.25, -0.2) is 9.98 Å². The van der Waals surface area contributed by atoms with Gasteiger partial charge in [-0.3, -0.25) is 5.10 Å². The summed E-state index contributed by atoms with van der Waals surface area (Å²) in [4.78, 5) is 9.05. The maximum Gasteiger partial charge on any atom is 0.192 e. The van der Waals surface area contributed by atoms with Gasteiger partial charge < -0.3 is 15.4 Å². The van der Waals surface area contributed by atoms with E-state index >= 15 is 0 Å². The van der Waals surface area contributed by atoms with Crippen LogP contribution in [0.2, 0.25) is 0 Å². The molecule has 0 bridgehead atoms. The number of ether oxygens (including phenoxy) is 1. The quantitative estimate of drug-likeness (QED) is 0.257. The number of aromatic amines is 1. The number of para-hydroxylation sites is 1. The molecule has 0 radical (unpaired) electrons. The van der Waals surface area contributed by atoms with Crippen LogP contribution in [0.1, 0.15) is 44.4 Å². The predicted octanol–water partition coefficient (Wildman–Crippen LogP) is 4.45. The molecule has 0 saturated carbocycles. The summed E-state index contributed by atoms with van der Waals surface area (Å²) in [5.74, 6) is 2.48. The number of H-pyrrole nitrogens is 1. The van der Waals surface area contributed by atoms with Crippen LogP contribution in [0.15, 0.2) is 59.9 Å². The fourth-order valence-corrected chi connectivity index (χ4v) is 3.75. The van der Waals surface area contributed by atoms with Gasteiger partial charge in [-0.1, -0.05) is 36.4 Å². The Hall–Kier alpha value is -2.62. The topological polar surface area (TPSA) is 87.2 Å². The van der Waals surface area contributed by atoms with Crippen LogP contribution >= 0.6 is 24.0 Å². The Kier molecular flexibility index (Phi) is 7.53. The number of aromatic nitrogens is 3. The zero-order valence-corrected chi connectivity index (χ0v) is 20.4. The van der Waals surface area contributed by atoms with Gasteiger partial charge in [0, 0.05) is 24.1 Å². The van der Waals surface area contributed by atoms with Crippen molar-refractivity contribution in [2.45, 2.75) is 45.4 Å². The molecule has 0 aliphatic carbocycles. The van der Waals surface area contributed by atoms with Gasteiger partial charge in [-0.05, 0) is 38.5 Å². The lowest BCUT2D eigenvalue weighted by Crippen LogP contribution is -2.45. The first-order valence-electron chi connectivity index (χ1n) is 10.3. The highest BCUT2D eigenvalue weighted by molar-refractivity contribution is 14.0. The zero-order chi connectivity index (χ0) is 21.0. The SMILES string of the molecule is CCNC(=NCc1cccc(-c2ncn[nH]2)c1)NC1CC(C)(C)Oc2ccccc21.I. The van der Waals surface area contributed by atoms with E-state index in [1.807, 2.05) is 30.3 Å². The number of nitrogens with one attached hydrogen (secondary N) is 3. The van der Waals surface area contributed by atoms with E-state index in [1.165, 1.54) is 6.33 Å². The van der Waals surface area contributed by atoms with E-state index in [0.29, 0.717) is 6.54 Å². The number of aliphatic imine (C=N–C) groups is 1. The van der Waals surface area contributed by atoms with Gasteiger partial charge in [0.05, 0.1) is 12.6 Å². The van der Waals surface area contributed by atoms with E-state index in [2.05, 4.69) is 64.8 Å². The number of hydrogen-bond donors (Lipinski definition) is 3. The van der Waals surface area contributed by atoms with Crippen molar-refractivity contribution in [3.05, 3.63) is 66.0 Å². The van der Waals surface area contributed by atoms with Gasteiger partial charge in [0.25, 0.3) is 0 Å². The van der Waals surface area contributed by atoms with E-state index in [1.54, 1.807) is 0 Å². The third kappa shape index (κ3) is 5.75. The Morgan fingerprint density at radius 3 is 2.84 bits per heavy atom. The molecule has 3 aromatic rings. The standard InChI is InChI=1S/C23H28N6O.HI/c1-4-24-22(25-14-16-8-7-9-17(12-16)21-26-15-27-29-21)28-19-13-23(2,3)30-20-11-6-5-10-18(19)20;/h5-12,15,19H,4,13-14H2,1-3H3,(H2,24,25,28)(H,26,27,29);1H. The smallest absolute Gasteiger partial charge is 0.192 e. The maximum atomic E-state index is 6.15.